The van der Waals surface area contributed by atoms with Crippen molar-refractivity contribution in [2.75, 3.05) is 6.54 Å². The first-order valence-corrected chi connectivity index (χ1v) is 11.9. The molecule has 0 bridgehead atoms. The molecule has 188 valence electrons. The Bertz CT molecular complexity index is 1460. The maximum absolute atomic E-state index is 12.9. The Hall–Kier alpha value is -3.59. The quantitative estimate of drug-likeness (QED) is 0.352. The molecule has 5 rings (SSSR count). The Morgan fingerprint density at radius 1 is 1.14 bits per heavy atom. The molecular weight excluding hydrogens is 471 g/mol. The molecule has 3 aromatic heterocycles. The number of fused-ring (bicyclic) bond motifs is 3. The molecule has 36 heavy (non-hydrogen) atoms. The standard InChI is InChI=1S/C27H26F3N3O3/c1-17(2)32-11-4-6-23-22(15-32)21-9-8-19(13-24(21)36-23)33-12-10-20(14-26(33)34)35-16-18-5-3-7-25(31-18)27(28,29)30/h3,5,7-10,12-14,17H,4,6,11,15-16H2,1-2H3. The van der Waals surface area contributed by atoms with Gasteiger partial charge in [-0.1, -0.05) is 6.07 Å². The fourth-order valence-corrected chi connectivity index (χ4v) is 4.52. The summed E-state index contributed by atoms with van der Waals surface area (Å²) in [7, 11) is 0. The predicted octanol–water partition coefficient (Wildman–Crippen LogP) is 5.73. The van der Waals surface area contributed by atoms with Crippen molar-refractivity contribution >= 4 is 11.0 Å². The molecule has 0 fully saturated rings. The molecule has 0 unspecified atom stereocenters. The normalized spacial score (nSPS) is 14.7. The lowest BCUT2D eigenvalue weighted by Gasteiger charge is -2.24. The van der Waals surface area contributed by atoms with E-state index in [1.54, 1.807) is 12.3 Å². The van der Waals surface area contributed by atoms with Gasteiger partial charge in [0.1, 0.15) is 29.4 Å². The fraction of sp³-hybridized carbons (Fsp3) is 0.333. The summed E-state index contributed by atoms with van der Waals surface area (Å²) in [5.74, 6) is 1.25. The number of hydrogen-bond donors (Lipinski definition) is 0. The average molecular weight is 498 g/mol. The van der Waals surface area contributed by atoms with Gasteiger partial charge in [0.2, 0.25) is 0 Å². The minimum Gasteiger partial charge on any atom is -0.487 e. The first-order chi connectivity index (χ1) is 17.2. The van der Waals surface area contributed by atoms with Crippen LogP contribution in [0.2, 0.25) is 0 Å². The van der Waals surface area contributed by atoms with Gasteiger partial charge in [-0.3, -0.25) is 14.3 Å². The van der Waals surface area contributed by atoms with Crippen LogP contribution in [0, 0.1) is 0 Å². The minimum atomic E-state index is -4.53. The van der Waals surface area contributed by atoms with E-state index in [4.69, 9.17) is 9.15 Å². The highest BCUT2D eigenvalue weighted by molar-refractivity contribution is 5.84. The van der Waals surface area contributed by atoms with E-state index in [1.807, 2.05) is 18.2 Å². The van der Waals surface area contributed by atoms with E-state index in [0.29, 0.717) is 11.7 Å². The third kappa shape index (κ3) is 4.88. The Labute approximate surface area is 205 Å². The first kappa shape index (κ1) is 24.1. The average Bonchev–Trinajstić information content (AvgIpc) is 3.03. The Balaban J connectivity index is 1.36. The SMILES string of the molecule is CC(C)N1CCCc2oc3cc(-n4ccc(OCc5cccc(C(F)(F)F)n5)cc4=O)ccc3c2C1. The Morgan fingerprint density at radius 3 is 2.72 bits per heavy atom. The summed E-state index contributed by atoms with van der Waals surface area (Å²) >= 11 is 0. The molecular formula is C27H26F3N3O3. The molecule has 0 amide bonds. The maximum atomic E-state index is 12.9. The van der Waals surface area contributed by atoms with Gasteiger partial charge in [-0.2, -0.15) is 13.2 Å². The van der Waals surface area contributed by atoms with E-state index in [2.05, 4.69) is 23.7 Å². The van der Waals surface area contributed by atoms with Gasteiger partial charge in [-0.25, -0.2) is 4.98 Å². The van der Waals surface area contributed by atoms with Crippen molar-refractivity contribution in [3.8, 4) is 11.4 Å². The number of benzene rings is 1. The molecule has 1 aromatic carbocycles. The number of hydrogen-bond acceptors (Lipinski definition) is 5. The van der Waals surface area contributed by atoms with Gasteiger partial charge in [-0.15, -0.1) is 0 Å². The lowest BCUT2D eigenvalue weighted by atomic mass is 10.1. The summed E-state index contributed by atoms with van der Waals surface area (Å²) in [5.41, 5.74) is 1.41. The van der Waals surface area contributed by atoms with Gasteiger partial charge in [0.05, 0.1) is 11.4 Å². The number of ether oxygens (including phenoxy) is 1. The summed E-state index contributed by atoms with van der Waals surface area (Å²) in [4.78, 5) is 18.8. The van der Waals surface area contributed by atoms with Crippen molar-refractivity contribution < 1.29 is 22.3 Å². The van der Waals surface area contributed by atoms with E-state index in [0.717, 1.165) is 48.7 Å². The molecule has 9 heteroatoms. The van der Waals surface area contributed by atoms with Gasteiger partial charge in [0.25, 0.3) is 5.56 Å². The van der Waals surface area contributed by atoms with E-state index >= 15 is 0 Å². The molecule has 6 nitrogen and oxygen atoms in total. The zero-order valence-corrected chi connectivity index (χ0v) is 20.0. The number of aromatic nitrogens is 2. The minimum absolute atomic E-state index is 0.119. The van der Waals surface area contributed by atoms with E-state index < -0.39 is 11.9 Å². The Morgan fingerprint density at radius 2 is 1.97 bits per heavy atom. The van der Waals surface area contributed by atoms with Crippen LogP contribution in [0.25, 0.3) is 16.7 Å². The van der Waals surface area contributed by atoms with Gasteiger partial charge in [0, 0.05) is 48.3 Å². The van der Waals surface area contributed by atoms with Gasteiger partial charge in [-0.05, 0) is 57.1 Å². The van der Waals surface area contributed by atoms with Crippen LogP contribution in [-0.4, -0.2) is 27.0 Å². The maximum Gasteiger partial charge on any atom is 0.433 e. The van der Waals surface area contributed by atoms with E-state index in [1.165, 1.54) is 28.3 Å². The molecule has 0 radical (unpaired) electrons. The number of furan rings is 1. The number of alkyl halides is 3. The second-order valence-electron chi connectivity index (χ2n) is 9.22. The lowest BCUT2D eigenvalue weighted by molar-refractivity contribution is -0.141. The largest absolute Gasteiger partial charge is 0.487 e. The molecule has 0 atom stereocenters. The summed E-state index contributed by atoms with van der Waals surface area (Å²) in [6, 6.07) is 12.7. The van der Waals surface area contributed by atoms with Crippen LogP contribution in [0.3, 0.4) is 0 Å². The number of aryl methyl sites for hydroxylation is 1. The molecule has 4 aromatic rings. The highest BCUT2D eigenvalue weighted by atomic mass is 19.4. The summed E-state index contributed by atoms with van der Waals surface area (Å²) in [6.45, 7) is 6.08. The highest BCUT2D eigenvalue weighted by Gasteiger charge is 2.32. The number of nitrogens with zero attached hydrogens (tertiary/aromatic N) is 3. The van der Waals surface area contributed by atoms with Crippen molar-refractivity contribution in [3.05, 3.63) is 87.8 Å². The van der Waals surface area contributed by atoms with Crippen LogP contribution in [0.15, 0.2) is 63.9 Å². The molecule has 1 aliphatic heterocycles. The molecule has 0 spiro atoms. The third-order valence-corrected chi connectivity index (χ3v) is 6.45. The van der Waals surface area contributed by atoms with Crippen LogP contribution in [0.4, 0.5) is 13.2 Å². The van der Waals surface area contributed by atoms with Crippen LogP contribution < -0.4 is 10.3 Å². The fourth-order valence-electron chi connectivity index (χ4n) is 4.52. The molecule has 1 aliphatic rings. The second kappa shape index (κ2) is 9.46. The van der Waals surface area contributed by atoms with Crippen LogP contribution in [-0.2, 0) is 25.7 Å². The summed E-state index contributed by atoms with van der Waals surface area (Å²) in [5, 5.41) is 1.06. The molecule has 0 N–H and O–H groups in total. The third-order valence-electron chi connectivity index (χ3n) is 6.45. The zero-order chi connectivity index (χ0) is 25.4. The molecule has 0 saturated heterocycles. The summed E-state index contributed by atoms with van der Waals surface area (Å²) < 4.78 is 51.8. The predicted molar refractivity (Wildman–Crippen MR) is 129 cm³/mol. The van der Waals surface area contributed by atoms with Crippen LogP contribution >= 0.6 is 0 Å². The second-order valence-corrected chi connectivity index (χ2v) is 9.22. The monoisotopic (exact) mass is 497 g/mol. The zero-order valence-electron chi connectivity index (χ0n) is 20.0. The van der Waals surface area contributed by atoms with Gasteiger partial charge < -0.3 is 9.15 Å². The van der Waals surface area contributed by atoms with Crippen molar-refractivity contribution in [3.63, 3.8) is 0 Å². The number of rotatable bonds is 5. The van der Waals surface area contributed by atoms with Crippen LogP contribution in [0.1, 0.15) is 43.0 Å². The highest BCUT2D eigenvalue weighted by Crippen LogP contribution is 2.32. The van der Waals surface area contributed by atoms with E-state index in [9.17, 15) is 18.0 Å². The van der Waals surface area contributed by atoms with Crippen molar-refractivity contribution in [1.82, 2.24) is 14.5 Å². The molecule has 0 aliphatic carbocycles. The number of pyridine rings is 2. The van der Waals surface area contributed by atoms with Crippen molar-refractivity contribution in [2.24, 2.45) is 0 Å². The van der Waals surface area contributed by atoms with Gasteiger partial charge >= 0.3 is 6.18 Å². The molecule has 0 saturated carbocycles. The van der Waals surface area contributed by atoms with E-state index in [-0.39, 0.29) is 23.6 Å². The topological polar surface area (TPSA) is 60.5 Å². The molecule has 4 heterocycles. The lowest BCUT2D eigenvalue weighted by Crippen LogP contribution is -2.30. The smallest absolute Gasteiger partial charge is 0.433 e. The van der Waals surface area contributed by atoms with Crippen molar-refractivity contribution in [1.29, 1.82) is 0 Å². The summed E-state index contributed by atoms with van der Waals surface area (Å²) in [6.07, 6.45) is -1.03. The van der Waals surface area contributed by atoms with Gasteiger partial charge in [0.15, 0.2) is 0 Å². The van der Waals surface area contributed by atoms with Crippen LogP contribution in [0.5, 0.6) is 5.75 Å². The van der Waals surface area contributed by atoms with Crippen molar-refractivity contribution in [2.45, 2.75) is 52.1 Å². The first-order valence-electron chi connectivity index (χ1n) is 11.9. The Kier molecular flexibility index (Phi) is 6.34. The number of halogens is 3.